The molecule has 0 saturated heterocycles. The molecule has 0 fully saturated rings. The third-order valence-corrected chi connectivity index (χ3v) is 0. The molecule has 0 aliphatic carbocycles. The summed E-state index contributed by atoms with van der Waals surface area (Å²) in [4.78, 5) is 34.3. The molecule has 0 saturated carbocycles. The topological polar surface area (TPSA) is 92.2 Å². The number of hydrogen-bond donors (Lipinski definition) is 0. The molecule has 0 atom stereocenters. The molecule has 0 aliphatic heterocycles. The van der Waals surface area contributed by atoms with Crippen LogP contribution in [0.5, 0.6) is 0 Å². The average molecular weight is 188 g/mol. The van der Waals surface area contributed by atoms with E-state index in [4.69, 9.17) is 19.2 Å². The quantitative estimate of drug-likeness (QED) is 0.354. The van der Waals surface area contributed by atoms with Gasteiger partial charge in [-0.25, -0.2) is 0 Å². The van der Waals surface area contributed by atoms with E-state index in [9.17, 15) is 0 Å². The first-order chi connectivity index (χ1) is 2.00. The summed E-state index contributed by atoms with van der Waals surface area (Å²) in [6.07, 6.45) is 0. The van der Waals surface area contributed by atoms with Crippen molar-refractivity contribution in [2.45, 2.75) is 0 Å². The van der Waals surface area contributed by atoms with Crippen LogP contribution in [0, 0.1) is 0 Å². The summed E-state index contributed by atoms with van der Waals surface area (Å²) in [6.45, 7) is 0. The summed E-state index contributed by atoms with van der Waals surface area (Å²) in [5.41, 5.74) is 0. The van der Waals surface area contributed by atoms with E-state index in [1.165, 1.54) is 0 Å². The van der Waals surface area contributed by atoms with Crippen molar-refractivity contribution in [2.75, 3.05) is 0 Å². The Labute approximate surface area is 82.1 Å². The van der Waals surface area contributed by atoms with Crippen LogP contribution in [0.2, 0.25) is 0 Å². The first-order valence-electron chi connectivity index (χ1n) is 0.816. The van der Waals surface area contributed by atoms with Gasteiger partial charge in [0.15, 0.2) is 0 Å². The SMILES string of the molecule is [Ca+2].[Fe+2].[O-][Si]([O-])([O-])[O-]. The molecule has 0 aromatic rings. The Balaban J connectivity index is -0.0000000800. The van der Waals surface area contributed by atoms with Gasteiger partial charge in [-0.15, -0.1) is 0 Å². The van der Waals surface area contributed by atoms with E-state index < -0.39 is 9.05 Å². The maximum Gasteiger partial charge on any atom is 2.00 e. The second-order valence-corrected chi connectivity index (χ2v) is 1.50. The van der Waals surface area contributed by atoms with Gasteiger partial charge in [0.1, 0.15) is 0 Å². The van der Waals surface area contributed by atoms with E-state index in [1.54, 1.807) is 0 Å². The van der Waals surface area contributed by atoms with Gasteiger partial charge in [0.25, 0.3) is 0 Å². The van der Waals surface area contributed by atoms with Crippen molar-refractivity contribution < 1.29 is 36.3 Å². The minimum atomic E-state index is -5.61. The van der Waals surface area contributed by atoms with Crippen LogP contribution in [0.1, 0.15) is 0 Å². The van der Waals surface area contributed by atoms with Gasteiger partial charge in [-0.1, -0.05) is 0 Å². The van der Waals surface area contributed by atoms with Crippen molar-refractivity contribution in [3.05, 3.63) is 0 Å². The fourth-order valence-corrected chi connectivity index (χ4v) is 0. The van der Waals surface area contributed by atoms with Crippen LogP contribution in [0.4, 0.5) is 0 Å². The van der Waals surface area contributed by atoms with E-state index in [0.29, 0.717) is 0 Å². The molecule has 0 spiro atoms. The molecular formula is CaFeO4Si. The van der Waals surface area contributed by atoms with Crippen LogP contribution in [0.15, 0.2) is 0 Å². The summed E-state index contributed by atoms with van der Waals surface area (Å²) in [6, 6.07) is 0. The van der Waals surface area contributed by atoms with Crippen LogP contribution in [-0.2, 0) is 17.1 Å². The van der Waals surface area contributed by atoms with Gasteiger partial charge in [-0.3, -0.25) is 0 Å². The van der Waals surface area contributed by atoms with Crippen molar-refractivity contribution in [2.24, 2.45) is 0 Å². The van der Waals surface area contributed by atoms with E-state index >= 15 is 0 Å². The minimum Gasteiger partial charge on any atom is -0.894 e. The zero-order valence-corrected chi connectivity index (χ0v) is 7.51. The first-order valence-corrected chi connectivity index (χ1v) is 2.45. The Morgan fingerprint density at radius 1 is 0.857 bits per heavy atom. The zero-order valence-electron chi connectivity index (χ0n) is 3.19. The maximum absolute atomic E-state index is 8.58. The molecule has 7 heavy (non-hydrogen) atoms. The summed E-state index contributed by atoms with van der Waals surface area (Å²) < 4.78 is 0. The predicted molar refractivity (Wildman–Crippen MR) is 11.5 cm³/mol. The molecule has 38 valence electrons. The molecule has 0 aromatic carbocycles. The van der Waals surface area contributed by atoms with E-state index in [0.717, 1.165) is 0 Å². The molecule has 0 aliphatic rings. The van der Waals surface area contributed by atoms with Crippen molar-refractivity contribution in [3.8, 4) is 0 Å². The maximum atomic E-state index is 8.58. The molecule has 0 heterocycles. The van der Waals surface area contributed by atoms with Gasteiger partial charge in [0.2, 0.25) is 0 Å². The number of hydrogen-bond acceptors (Lipinski definition) is 4. The van der Waals surface area contributed by atoms with Crippen molar-refractivity contribution in [1.29, 1.82) is 0 Å². The van der Waals surface area contributed by atoms with Crippen LogP contribution >= 0.6 is 0 Å². The second kappa shape index (κ2) is 5.96. The van der Waals surface area contributed by atoms with Crippen LogP contribution < -0.4 is 19.2 Å². The summed E-state index contributed by atoms with van der Waals surface area (Å²) in [7, 11) is -5.61. The van der Waals surface area contributed by atoms with Crippen molar-refractivity contribution >= 4 is 46.8 Å². The third kappa shape index (κ3) is 79.2. The molecule has 4 nitrogen and oxygen atoms in total. The standard InChI is InChI=1S/Ca.Fe.O4Si/c;;1-5(2,3)4/q2*+2;-4. The molecule has 0 amide bonds. The van der Waals surface area contributed by atoms with E-state index in [2.05, 4.69) is 0 Å². The molecule has 7 heteroatoms. The van der Waals surface area contributed by atoms with E-state index in [1.807, 2.05) is 0 Å². The molecular weight excluding hydrogens is 188 g/mol. The molecule has 0 rings (SSSR count). The largest absolute Gasteiger partial charge is 2.00 e. The van der Waals surface area contributed by atoms with Gasteiger partial charge >= 0.3 is 54.8 Å². The molecule has 0 radical (unpaired) electrons. The summed E-state index contributed by atoms with van der Waals surface area (Å²) >= 11 is 0. The summed E-state index contributed by atoms with van der Waals surface area (Å²) in [5, 5.41) is 0. The van der Waals surface area contributed by atoms with Crippen molar-refractivity contribution in [1.82, 2.24) is 0 Å². The van der Waals surface area contributed by atoms with Crippen LogP contribution in [-0.4, -0.2) is 46.8 Å². The Morgan fingerprint density at radius 3 is 0.857 bits per heavy atom. The Kier molecular flexibility index (Phi) is 13.6. The van der Waals surface area contributed by atoms with Gasteiger partial charge in [0, 0.05) is 0 Å². The Morgan fingerprint density at radius 2 is 0.857 bits per heavy atom. The Bertz CT molecular complexity index is 27.2. The fourth-order valence-electron chi connectivity index (χ4n) is 0. The molecule has 0 N–H and O–H groups in total. The second-order valence-electron chi connectivity index (χ2n) is 0.500. The zero-order chi connectivity index (χ0) is 4.50. The third-order valence-electron chi connectivity index (χ3n) is 0. The van der Waals surface area contributed by atoms with Crippen molar-refractivity contribution in [3.63, 3.8) is 0 Å². The Hall–Kier alpha value is 1.84. The first kappa shape index (κ1) is 15.9. The van der Waals surface area contributed by atoms with Gasteiger partial charge in [0.05, 0.1) is 0 Å². The van der Waals surface area contributed by atoms with Gasteiger partial charge in [-0.05, 0) is 0 Å². The van der Waals surface area contributed by atoms with Gasteiger partial charge < -0.3 is 28.2 Å². The van der Waals surface area contributed by atoms with E-state index in [-0.39, 0.29) is 54.8 Å². The fraction of sp³-hybridized carbons (Fsp3) is 0. The summed E-state index contributed by atoms with van der Waals surface area (Å²) in [5.74, 6) is 0. The average Bonchev–Trinajstić information content (AvgIpc) is 0.722. The molecule has 0 unspecified atom stereocenters. The predicted octanol–water partition coefficient (Wildman–Crippen LogP) is -5.52. The normalized spacial score (nSPS) is 8.57. The van der Waals surface area contributed by atoms with Crippen LogP contribution in [0.3, 0.4) is 0 Å². The molecule has 0 bridgehead atoms. The smallest absolute Gasteiger partial charge is 0.894 e. The number of rotatable bonds is 0. The van der Waals surface area contributed by atoms with Crippen LogP contribution in [0.25, 0.3) is 0 Å². The minimum absolute atomic E-state index is 0. The van der Waals surface area contributed by atoms with Gasteiger partial charge in [-0.2, -0.15) is 0 Å². The monoisotopic (exact) mass is 188 g/mol. The molecule has 0 aromatic heterocycles.